The molecule has 2 aromatic rings. The fourth-order valence-corrected chi connectivity index (χ4v) is 1.88. The Morgan fingerprint density at radius 3 is 3.00 bits per heavy atom. The van der Waals surface area contributed by atoms with Gasteiger partial charge in [0.05, 0.1) is 5.52 Å². The third-order valence-corrected chi connectivity index (χ3v) is 2.78. The summed E-state index contributed by atoms with van der Waals surface area (Å²) >= 11 is 0. The number of aromatic amines is 1. The fraction of sp³-hybridized carbons (Fsp3) is 0.308. The van der Waals surface area contributed by atoms with E-state index >= 15 is 0 Å². The van der Waals surface area contributed by atoms with Gasteiger partial charge in [-0.3, -0.25) is 4.79 Å². The van der Waals surface area contributed by atoms with Gasteiger partial charge in [0.2, 0.25) is 0 Å². The Morgan fingerprint density at radius 1 is 1.41 bits per heavy atom. The van der Waals surface area contributed by atoms with Gasteiger partial charge >= 0.3 is 0 Å². The summed E-state index contributed by atoms with van der Waals surface area (Å²) in [5.74, 6) is -0.388. The largest absolute Gasteiger partial charge is 0.320 e. The molecule has 0 radical (unpaired) electrons. The standard InChI is InChI=1S/C13H15FN2O/c1-15-7-3-5-10-8-9-4-2-6-11(14)12(9)16-13(10)17/h2,4,6,8,15H,3,5,7H2,1H3,(H,16,17). The van der Waals surface area contributed by atoms with E-state index in [0.29, 0.717) is 12.0 Å². The van der Waals surface area contributed by atoms with Crippen LogP contribution in [0, 0.1) is 5.82 Å². The Balaban J connectivity index is 2.38. The molecule has 2 N–H and O–H groups in total. The van der Waals surface area contributed by atoms with Gasteiger partial charge in [-0.2, -0.15) is 0 Å². The summed E-state index contributed by atoms with van der Waals surface area (Å²) in [5.41, 5.74) is 0.798. The Bertz CT molecular complexity index is 577. The summed E-state index contributed by atoms with van der Waals surface area (Å²) in [7, 11) is 1.88. The molecule has 0 unspecified atom stereocenters. The van der Waals surface area contributed by atoms with Crippen molar-refractivity contribution < 1.29 is 4.39 Å². The van der Waals surface area contributed by atoms with Crippen molar-refractivity contribution in [1.29, 1.82) is 0 Å². The van der Waals surface area contributed by atoms with Gasteiger partial charge in [0.25, 0.3) is 5.56 Å². The van der Waals surface area contributed by atoms with Crippen LogP contribution in [0.1, 0.15) is 12.0 Å². The molecule has 1 aromatic heterocycles. The molecule has 1 aromatic carbocycles. The van der Waals surface area contributed by atoms with Crippen LogP contribution >= 0.6 is 0 Å². The molecular weight excluding hydrogens is 219 g/mol. The zero-order chi connectivity index (χ0) is 12.3. The Morgan fingerprint density at radius 2 is 2.24 bits per heavy atom. The first kappa shape index (κ1) is 11.8. The number of halogens is 1. The number of para-hydroxylation sites is 1. The van der Waals surface area contributed by atoms with Gasteiger partial charge in [0.1, 0.15) is 5.82 Å². The number of rotatable bonds is 4. The smallest absolute Gasteiger partial charge is 0.251 e. The minimum Gasteiger partial charge on any atom is -0.320 e. The molecule has 90 valence electrons. The molecular formula is C13H15FN2O. The molecule has 0 amide bonds. The van der Waals surface area contributed by atoms with Gasteiger partial charge in [0.15, 0.2) is 0 Å². The zero-order valence-electron chi connectivity index (χ0n) is 9.72. The molecule has 2 rings (SSSR count). The van der Waals surface area contributed by atoms with E-state index in [2.05, 4.69) is 10.3 Å². The average Bonchev–Trinajstić information content (AvgIpc) is 2.31. The topological polar surface area (TPSA) is 44.9 Å². The molecule has 0 fully saturated rings. The molecule has 0 aliphatic rings. The molecule has 0 aliphatic carbocycles. The summed E-state index contributed by atoms with van der Waals surface area (Å²) in [6.45, 7) is 0.862. The van der Waals surface area contributed by atoms with Crippen LogP contribution in [0.5, 0.6) is 0 Å². The number of aromatic nitrogens is 1. The van der Waals surface area contributed by atoms with Crippen molar-refractivity contribution in [3.05, 3.63) is 46.0 Å². The Hall–Kier alpha value is -1.68. The number of aryl methyl sites for hydroxylation is 1. The summed E-state index contributed by atoms with van der Waals surface area (Å²) in [6, 6.07) is 6.56. The average molecular weight is 234 g/mol. The van der Waals surface area contributed by atoms with E-state index in [0.717, 1.165) is 18.4 Å². The zero-order valence-corrected chi connectivity index (χ0v) is 9.72. The van der Waals surface area contributed by atoms with Crippen molar-refractivity contribution in [1.82, 2.24) is 10.3 Å². The van der Waals surface area contributed by atoms with Gasteiger partial charge in [0, 0.05) is 10.9 Å². The van der Waals surface area contributed by atoms with E-state index in [9.17, 15) is 9.18 Å². The molecule has 0 spiro atoms. The van der Waals surface area contributed by atoms with E-state index in [4.69, 9.17) is 0 Å². The highest BCUT2D eigenvalue weighted by atomic mass is 19.1. The monoisotopic (exact) mass is 234 g/mol. The number of nitrogens with one attached hydrogen (secondary N) is 2. The van der Waals surface area contributed by atoms with Crippen molar-refractivity contribution in [2.24, 2.45) is 0 Å². The van der Waals surface area contributed by atoms with Crippen LogP contribution in [0.2, 0.25) is 0 Å². The van der Waals surface area contributed by atoms with E-state index in [1.54, 1.807) is 18.2 Å². The summed E-state index contributed by atoms with van der Waals surface area (Å²) in [6.07, 6.45) is 1.59. The van der Waals surface area contributed by atoms with E-state index in [1.165, 1.54) is 6.07 Å². The second kappa shape index (κ2) is 5.10. The van der Waals surface area contributed by atoms with Gasteiger partial charge in [-0.05, 0) is 38.6 Å². The maximum absolute atomic E-state index is 13.4. The lowest BCUT2D eigenvalue weighted by Crippen LogP contribution is -2.15. The second-order valence-corrected chi connectivity index (χ2v) is 4.03. The predicted molar refractivity (Wildman–Crippen MR) is 66.8 cm³/mol. The van der Waals surface area contributed by atoms with Crippen molar-refractivity contribution in [2.75, 3.05) is 13.6 Å². The third kappa shape index (κ3) is 2.53. The van der Waals surface area contributed by atoms with E-state index < -0.39 is 0 Å². The molecule has 0 atom stereocenters. The van der Waals surface area contributed by atoms with Crippen LogP contribution in [0.4, 0.5) is 4.39 Å². The minimum atomic E-state index is -0.388. The summed E-state index contributed by atoms with van der Waals surface area (Å²) in [5, 5.41) is 3.77. The summed E-state index contributed by atoms with van der Waals surface area (Å²) < 4.78 is 13.4. The molecule has 3 nitrogen and oxygen atoms in total. The van der Waals surface area contributed by atoms with Crippen LogP contribution in [0.15, 0.2) is 29.1 Å². The van der Waals surface area contributed by atoms with Crippen molar-refractivity contribution in [3.63, 3.8) is 0 Å². The molecule has 0 aliphatic heterocycles. The number of benzene rings is 1. The number of fused-ring (bicyclic) bond motifs is 1. The first-order chi connectivity index (χ1) is 8.22. The van der Waals surface area contributed by atoms with Gasteiger partial charge < -0.3 is 10.3 Å². The van der Waals surface area contributed by atoms with Crippen LogP contribution < -0.4 is 10.9 Å². The quantitative estimate of drug-likeness (QED) is 0.793. The van der Waals surface area contributed by atoms with Crippen LogP contribution in [-0.2, 0) is 6.42 Å². The Labute approximate surface area is 98.7 Å². The molecule has 0 saturated carbocycles. The number of H-pyrrole nitrogens is 1. The predicted octanol–water partition coefficient (Wildman–Crippen LogP) is 1.82. The van der Waals surface area contributed by atoms with Crippen molar-refractivity contribution in [3.8, 4) is 0 Å². The molecule has 17 heavy (non-hydrogen) atoms. The third-order valence-electron chi connectivity index (χ3n) is 2.78. The van der Waals surface area contributed by atoms with Crippen LogP contribution in [0.25, 0.3) is 10.9 Å². The first-order valence-corrected chi connectivity index (χ1v) is 5.67. The highest BCUT2D eigenvalue weighted by molar-refractivity contribution is 5.79. The minimum absolute atomic E-state index is 0.196. The molecule has 4 heteroatoms. The lowest BCUT2D eigenvalue weighted by molar-refractivity contribution is 0.636. The maximum Gasteiger partial charge on any atom is 0.251 e. The lowest BCUT2D eigenvalue weighted by atomic mass is 10.1. The van der Waals surface area contributed by atoms with Crippen molar-refractivity contribution in [2.45, 2.75) is 12.8 Å². The maximum atomic E-state index is 13.4. The van der Waals surface area contributed by atoms with Crippen LogP contribution in [-0.4, -0.2) is 18.6 Å². The normalized spacial score (nSPS) is 10.9. The number of pyridine rings is 1. The lowest BCUT2D eigenvalue weighted by Gasteiger charge is -2.04. The van der Waals surface area contributed by atoms with Gasteiger partial charge in [-0.25, -0.2) is 4.39 Å². The first-order valence-electron chi connectivity index (χ1n) is 5.67. The SMILES string of the molecule is CNCCCc1cc2cccc(F)c2[nH]c1=O. The van der Waals surface area contributed by atoms with E-state index in [-0.39, 0.29) is 16.9 Å². The molecule has 1 heterocycles. The second-order valence-electron chi connectivity index (χ2n) is 4.03. The highest BCUT2D eigenvalue weighted by Crippen LogP contribution is 2.14. The molecule has 0 saturated heterocycles. The Kier molecular flexibility index (Phi) is 3.54. The highest BCUT2D eigenvalue weighted by Gasteiger charge is 2.05. The van der Waals surface area contributed by atoms with Crippen LogP contribution in [0.3, 0.4) is 0 Å². The van der Waals surface area contributed by atoms with Gasteiger partial charge in [-0.15, -0.1) is 0 Å². The number of hydrogen-bond acceptors (Lipinski definition) is 2. The van der Waals surface area contributed by atoms with Gasteiger partial charge in [-0.1, -0.05) is 12.1 Å². The molecule has 0 bridgehead atoms. The summed E-state index contributed by atoms with van der Waals surface area (Å²) in [4.78, 5) is 14.3. The van der Waals surface area contributed by atoms with E-state index in [1.807, 2.05) is 7.05 Å². The van der Waals surface area contributed by atoms with Crippen molar-refractivity contribution >= 4 is 10.9 Å². The number of hydrogen-bond donors (Lipinski definition) is 2. The fourth-order valence-electron chi connectivity index (χ4n) is 1.88.